The molecule has 122 valence electrons. The van der Waals surface area contributed by atoms with E-state index in [9.17, 15) is 4.79 Å². The molecule has 0 saturated heterocycles. The smallest absolute Gasteiger partial charge is 0.227 e. The summed E-state index contributed by atoms with van der Waals surface area (Å²) in [6.07, 6.45) is 3.09. The highest BCUT2D eigenvalue weighted by Crippen LogP contribution is 2.22. The van der Waals surface area contributed by atoms with E-state index in [2.05, 4.69) is 10.3 Å². The molecule has 0 bridgehead atoms. The van der Waals surface area contributed by atoms with Crippen molar-refractivity contribution in [1.29, 1.82) is 0 Å². The van der Waals surface area contributed by atoms with Crippen LogP contribution in [0.1, 0.15) is 23.6 Å². The number of ether oxygens (including phenoxy) is 1. The summed E-state index contributed by atoms with van der Waals surface area (Å²) < 4.78 is 5.00. The van der Waals surface area contributed by atoms with Crippen LogP contribution in [0.4, 0.5) is 0 Å². The van der Waals surface area contributed by atoms with Gasteiger partial charge in [0, 0.05) is 43.6 Å². The van der Waals surface area contributed by atoms with Crippen molar-refractivity contribution in [2.75, 3.05) is 20.3 Å². The minimum Gasteiger partial charge on any atom is -0.385 e. The van der Waals surface area contributed by atoms with Crippen molar-refractivity contribution in [2.45, 2.75) is 18.8 Å². The van der Waals surface area contributed by atoms with Crippen LogP contribution in [0.25, 0.3) is 0 Å². The van der Waals surface area contributed by atoms with E-state index in [-0.39, 0.29) is 11.8 Å². The molecule has 1 heterocycles. The van der Waals surface area contributed by atoms with Gasteiger partial charge < -0.3 is 10.1 Å². The molecule has 1 aromatic heterocycles. The van der Waals surface area contributed by atoms with Gasteiger partial charge in [0.1, 0.15) is 0 Å². The monoisotopic (exact) mass is 332 g/mol. The van der Waals surface area contributed by atoms with E-state index >= 15 is 0 Å². The second kappa shape index (κ2) is 9.28. The molecule has 1 unspecified atom stereocenters. The highest BCUT2D eigenvalue weighted by molar-refractivity contribution is 6.30. The molecule has 0 fully saturated rings. The summed E-state index contributed by atoms with van der Waals surface area (Å²) in [5, 5.41) is 3.63. The van der Waals surface area contributed by atoms with Gasteiger partial charge >= 0.3 is 0 Å². The maximum atomic E-state index is 12.6. The summed E-state index contributed by atoms with van der Waals surface area (Å²) in [7, 11) is 1.65. The molecule has 2 aromatic rings. The maximum Gasteiger partial charge on any atom is 0.227 e. The normalized spacial score (nSPS) is 11.9. The van der Waals surface area contributed by atoms with Gasteiger partial charge in [-0.2, -0.15) is 0 Å². The van der Waals surface area contributed by atoms with Crippen LogP contribution in [-0.2, 0) is 16.0 Å². The van der Waals surface area contributed by atoms with Crippen molar-refractivity contribution in [1.82, 2.24) is 10.3 Å². The lowest BCUT2D eigenvalue weighted by Crippen LogP contribution is -2.32. The quantitative estimate of drug-likeness (QED) is 0.755. The predicted octanol–water partition coefficient (Wildman–Crippen LogP) is 3.21. The Hall–Kier alpha value is -1.91. The number of hydrogen-bond donors (Lipinski definition) is 1. The van der Waals surface area contributed by atoms with E-state index < -0.39 is 0 Å². The predicted molar refractivity (Wildman–Crippen MR) is 91.6 cm³/mol. The van der Waals surface area contributed by atoms with Gasteiger partial charge in [-0.25, -0.2) is 0 Å². The number of rotatable bonds is 8. The number of halogens is 1. The largest absolute Gasteiger partial charge is 0.385 e. The van der Waals surface area contributed by atoms with Gasteiger partial charge in [0.2, 0.25) is 5.91 Å². The summed E-state index contributed by atoms with van der Waals surface area (Å²) in [6, 6.07) is 13.1. The van der Waals surface area contributed by atoms with Crippen LogP contribution in [0, 0.1) is 0 Å². The van der Waals surface area contributed by atoms with Crippen molar-refractivity contribution in [2.24, 2.45) is 0 Å². The number of amides is 1. The maximum absolute atomic E-state index is 12.6. The number of carbonyl (C=O) groups is 1. The van der Waals surface area contributed by atoms with Gasteiger partial charge in [-0.15, -0.1) is 0 Å². The average Bonchev–Trinajstić information content (AvgIpc) is 2.58. The van der Waals surface area contributed by atoms with E-state index in [4.69, 9.17) is 16.3 Å². The first-order valence-corrected chi connectivity index (χ1v) is 8.00. The number of nitrogens with zero attached hydrogens (tertiary/aromatic N) is 1. The molecule has 1 amide bonds. The Kier molecular flexibility index (Phi) is 7.04. The van der Waals surface area contributed by atoms with E-state index in [0.717, 1.165) is 17.7 Å². The highest BCUT2D eigenvalue weighted by atomic mass is 35.5. The fraction of sp³-hybridized carbons (Fsp3) is 0.333. The lowest BCUT2D eigenvalue weighted by atomic mass is 9.93. The first kappa shape index (κ1) is 17.4. The van der Waals surface area contributed by atoms with Crippen molar-refractivity contribution in [3.63, 3.8) is 0 Å². The van der Waals surface area contributed by atoms with Crippen LogP contribution in [0.5, 0.6) is 0 Å². The molecule has 0 aliphatic heterocycles. The van der Waals surface area contributed by atoms with Crippen LogP contribution in [0.3, 0.4) is 0 Å². The molecule has 0 spiro atoms. The lowest BCUT2D eigenvalue weighted by molar-refractivity contribution is -0.122. The number of methoxy groups -OCH3 is 1. The van der Waals surface area contributed by atoms with Gasteiger partial charge in [0.25, 0.3) is 0 Å². The summed E-state index contributed by atoms with van der Waals surface area (Å²) in [6.45, 7) is 1.23. The zero-order chi connectivity index (χ0) is 16.5. The fourth-order valence-electron chi connectivity index (χ4n) is 2.34. The number of carbonyl (C=O) groups excluding carboxylic acids is 1. The molecular weight excluding hydrogens is 312 g/mol. The lowest BCUT2D eigenvalue weighted by Gasteiger charge is -2.17. The van der Waals surface area contributed by atoms with E-state index in [1.54, 1.807) is 25.4 Å². The minimum absolute atomic E-state index is 0.00548. The second-order valence-corrected chi connectivity index (χ2v) is 5.70. The minimum atomic E-state index is -0.287. The second-order valence-electron chi connectivity index (χ2n) is 5.27. The Morgan fingerprint density at radius 2 is 2.04 bits per heavy atom. The first-order chi connectivity index (χ1) is 11.2. The molecule has 1 atom stereocenters. The molecule has 0 aliphatic rings. The topological polar surface area (TPSA) is 51.2 Å². The summed E-state index contributed by atoms with van der Waals surface area (Å²) in [4.78, 5) is 16.9. The molecule has 0 radical (unpaired) electrons. The van der Waals surface area contributed by atoms with Gasteiger partial charge in [-0.1, -0.05) is 29.8 Å². The van der Waals surface area contributed by atoms with Crippen LogP contribution in [0.2, 0.25) is 5.02 Å². The highest BCUT2D eigenvalue weighted by Gasteiger charge is 2.21. The van der Waals surface area contributed by atoms with Crippen molar-refractivity contribution in [3.8, 4) is 0 Å². The first-order valence-electron chi connectivity index (χ1n) is 7.62. The zero-order valence-corrected chi connectivity index (χ0v) is 13.9. The number of nitrogens with one attached hydrogen (secondary N) is 1. The Morgan fingerprint density at radius 1 is 1.26 bits per heavy atom. The third-order valence-electron chi connectivity index (χ3n) is 3.55. The summed E-state index contributed by atoms with van der Waals surface area (Å²) >= 11 is 5.95. The number of aromatic nitrogens is 1. The SMILES string of the molecule is COCCCNC(=O)C(Cc1ccccn1)c1ccc(Cl)cc1. The van der Waals surface area contributed by atoms with Crippen LogP contribution in [-0.4, -0.2) is 31.2 Å². The van der Waals surface area contributed by atoms with Crippen molar-refractivity contribution < 1.29 is 9.53 Å². The molecule has 0 saturated carbocycles. The summed E-state index contributed by atoms with van der Waals surface area (Å²) in [5.41, 5.74) is 1.82. The van der Waals surface area contributed by atoms with E-state index in [1.807, 2.05) is 30.3 Å². The number of pyridine rings is 1. The molecule has 4 nitrogen and oxygen atoms in total. The van der Waals surface area contributed by atoms with Crippen LogP contribution in [0.15, 0.2) is 48.7 Å². The number of hydrogen-bond acceptors (Lipinski definition) is 3. The molecule has 0 aliphatic carbocycles. The molecular formula is C18H21ClN2O2. The van der Waals surface area contributed by atoms with Gasteiger partial charge in [-0.05, 0) is 36.2 Å². The van der Waals surface area contributed by atoms with Gasteiger partial charge in [0.15, 0.2) is 0 Å². The Labute approximate surface area is 141 Å². The molecule has 2 rings (SSSR count). The third-order valence-corrected chi connectivity index (χ3v) is 3.80. The van der Waals surface area contributed by atoms with Gasteiger partial charge in [0.05, 0.1) is 5.92 Å². The Balaban J connectivity index is 2.10. The van der Waals surface area contributed by atoms with E-state index in [0.29, 0.717) is 24.6 Å². The van der Waals surface area contributed by atoms with E-state index in [1.165, 1.54) is 0 Å². The fourth-order valence-corrected chi connectivity index (χ4v) is 2.46. The zero-order valence-electron chi connectivity index (χ0n) is 13.2. The van der Waals surface area contributed by atoms with Crippen LogP contribution >= 0.6 is 11.6 Å². The molecule has 23 heavy (non-hydrogen) atoms. The average molecular weight is 333 g/mol. The Morgan fingerprint density at radius 3 is 2.70 bits per heavy atom. The standard InChI is InChI=1S/C18H21ClN2O2/c1-23-12-4-11-21-18(22)17(13-16-5-2-3-10-20-16)14-6-8-15(19)9-7-14/h2-3,5-10,17H,4,11-13H2,1H3,(H,21,22). The van der Waals surface area contributed by atoms with Crippen LogP contribution < -0.4 is 5.32 Å². The number of benzene rings is 1. The van der Waals surface area contributed by atoms with Crippen molar-refractivity contribution >= 4 is 17.5 Å². The molecule has 5 heteroatoms. The third kappa shape index (κ3) is 5.66. The molecule has 1 aromatic carbocycles. The van der Waals surface area contributed by atoms with Crippen molar-refractivity contribution in [3.05, 3.63) is 64.9 Å². The Bertz CT molecular complexity index is 602. The van der Waals surface area contributed by atoms with Gasteiger partial charge in [-0.3, -0.25) is 9.78 Å². The summed E-state index contributed by atoms with van der Waals surface area (Å²) in [5.74, 6) is -0.293. The molecule has 1 N–H and O–H groups in total.